The van der Waals surface area contributed by atoms with E-state index in [4.69, 9.17) is 10.2 Å². The maximum Gasteiger partial charge on any atom is 0.408 e. The SMILES string of the molecule is O=C(O)[C@@H]1C[C@H](n2cc(I)cn2)CN1C(=O)O. The first-order chi connectivity index (χ1) is 7.99. The van der Waals surface area contributed by atoms with Crippen LogP contribution in [0.25, 0.3) is 0 Å². The quantitative estimate of drug-likeness (QED) is 0.771. The number of aliphatic carboxylic acids is 1. The van der Waals surface area contributed by atoms with Gasteiger partial charge in [-0.05, 0) is 22.6 Å². The minimum Gasteiger partial charge on any atom is -0.480 e. The highest BCUT2D eigenvalue weighted by atomic mass is 127. The Morgan fingerprint density at radius 2 is 2.18 bits per heavy atom. The van der Waals surface area contributed by atoms with E-state index in [1.165, 1.54) is 0 Å². The third-order valence-electron chi connectivity index (χ3n) is 2.75. The molecule has 0 unspecified atom stereocenters. The van der Waals surface area contributed by atoms with Gasteiger partial charge in [0.1, 0.15) is 6.04 Å². The third kappa shape index (κ3) is 2.35. The van der Waals surface area contributed by atoms with Crippen LogP contribution in [0, 0.1) is 3.57 Å². The summed E-state index contributed by atoms with van der Waals surface area (Å²) < 4.78 is 2.56. The molecule has 1 saturated heterocycles. The molecule has 2 heterocycles. The van der Waals surface area contributed by atoms with Crippen LogP contribution in [-0.4, -0.2) is 49.5 Å². The molecule has 1 aromatic rings. The van der Waals surface area contributed by atoms with E-state index in [9.17, 15) is 9.59 Å². The lowest BCUT2D eigenvalue weighted by Gasteiger charge is -2.16. The van der Waals surface area contributed by atoms with E-state index < -0.39 is 18.1 Å². The zero-order chi connectivity index (χ0) is 12.6. The van der Waals surface area contributed by atoms with Gasteiger partial charge >= 0.3 is 12.1 Å². The molecule has 0 radical (unpaired) electrons. The molecular weight excluding hydrogens is 341 g/mol. The van der Waals surface area contributed by atoms with Crippen molar-refractivity contribution in [1.82, 2.24) is 14.7 Å². The van der Waals surface area contributed by atoms with Crippen molar-refractivity contribution in [3.05, 3.63) is 16.0 Å². The van der Waals surface area contributed by atoms with Crippen molar-refractivity contribution in [2.24, 2.45) is 0 Å². The Morgan fingerprint density at radius 1 is 1.47 bits per heavy atom. The average Bonchev–Trinajstić information content (AvgIpc) is 2.82. The van der Waals surface area contributed by atoms with Gasteiger partial charge in [-0.25, -0.2) is 9.59 Å². The van der Waals surface area contributed by atoms with Gasteiger partial charge in [0.05, 0.1) is 15.8 Å². The topological polar surface area (TPSA) is 95.7 Å². The van der Waals surface area contributed by atoms with Crippen LogP contribution in [0.3, 0.4) is 0 Å². The largest absolute Gasteiger partial charge is 0.480 e. The molecule has 0 spiro atoms. The molecule has 7 nitrogen and oxygen atoms in total. The van der Waals surface area contributed by atoms with Crippen LogP contribution in [0.15, 0.2) is 12.4 Å². The number of hydrogen-bond donors (Lipinski definition) is 2. The van der Waals surface area contributed by atoms with Gasteiger partial charge in [-0.1, -0.05) is 0 Å². The lowest BCUT2D eigenvalue weighted by Crippen LogP contribution is -2.39. The Morgan fingerprint density at radius 3 is 2.59 bits per heavy atom. The number of carboxylic acids is 1. The van der Waals surface area contributed by atoms with Gasteiger partial charge in [-0.2, -0.15) is 5.10 Å². The number of halogens is 1. The van der Waals surface area contributed by atoms with Crippen LogP contribution in [-0.2, 0) is 4.79 Å². The van der Waals surface area contributed by atoms with Crippen LogP contribution < -0.4 is 0 Å². The molecular formula is C9H10IN3O4. The lowest BCUT2D eigenvalue weighted by molar-refractivity contribution is -0.141. The molecule has 1 fully saturated rings. The number of carbonyl (C=O) groups is 2. The minimum atomic E-state index is -1.21. The smallest absolute Gasteiger partial charge is 0.408 e. The fraction of sp³-hybridized carbons (Fsp3) is 0.444. The van der Waals surface area contributed by atoms with Crippen LogP contribution in [0.5, 0.6) is 0 Å². The van der Waals surface area contributed by atoms with Gasteiger partial charge in [0.25, 0.3) is 0 Å². The molecule has 1 amide bonds. The number of aromatic nitrogens is 2. The Hall–Kier alpha value is -1.32. The van der Waals surface area contributed by atoms with Gasteiger partial charge in [0, 0.05) is 19.2 Å². The van der Waals surface area contributed by atoms with Crippen molar-refractivity contribution in [3.8, 4) is 0 Å². The summed E-state index contributed by atoms with van der Waals surface area (Å²) in [6.45, 7) is 0.157. The molecule has 0 bridgehead atoms. The number of nitrogens with zero attached hydrogens (tertiary/aromatic N) is 3. The molecule has 17 heavy (non-hydrogen) atoms. The molecule has 2 atom stereocenters. The summed E-state index contributed by atoms with van der Waals surface area (Å²) >= 11 is 2.09. The van der Waals surface area contributed by atoms with Crippen molar-refractivity contribution < 1.29 is 19.8 Å². The van der Waals surface area contributed by atoms with Gasteiger partial charge in [-0.15, -0.1) is 0 Å². The van der Waals surface area contributed by atoms with E-state index in [-0.39, 0.29) is 19.0 Å². The lowest BCUT2D eigenvalue weighted by atomic mass is 10.2. The molecule has 1 aliphatic rings. The average molecular weight is 351 g/mol. The van der Waals surface area contributed by atoms with Crippen LogP contribution in [0.1, 0.15) is 12.5 Å². The van der Waals surface area contributed by atoms with E-state index in [2.05, 4.69) is 27.7 Å². The highest BCUT2D eigenvalue weighted by molar-refractivity contribution is 14.1. The Bertz CT molecular complexity index is 439. The number of amides is 1. The van der Waals surface area contributed by atoms with Gasteiger partial charge in [0.2, 0.25) is 0 Å². The Balaban J connectivity index is 2.19. The molecule has 0 aliphatic carbocycles. The zero-order valence-electron chi connectivity index (χ0n) is 8.65. The minimum absolute atomic E-state index is 0.157. The van der Waals surface area contributed by atoms with Crippen LogP contribution in [0.4, 0.5) is 4.79 Å². The van der Waals surface area contributed by atoms with Crippen molar-refractivity contribution >= 4 is 34.7 Å². The van der Waals surface area contributed by atoms with Crippen molar-refractivity contribution in [3.63, 3.8) is 0 Å². The molecule has 8 heteroatoms. The first-order valence-corrected chi connectivity index (χ1v) is 5.99. The van der Waals surface area contributed by atoms with E-state index in [1.807, 2.05) is 0 Å². The number of carboxylic acid groups (broad SMARTS) is 2. The van der Waals surface area contributed by atoms with Crippen molar-refractivity contribution in [1.29, 1.82) is 0 Å². The fourth-order valence-electron chi connectivity index (χ4n) is 1.97. The second kappa shape index (κ2) is 4.51. The van der Waals surface area contributed by atoms with E-state index in [0.29, 0.717) is 0 Å². The summed E-state index contributed by atoms with van der Waals surface area (Å²) in [6.07, 6.45) is 2.47. The summed E-state index contributed by atoms with van der Waals surface area (Å²) in [4.78, 5) is 22.8. The van der Waals surface area contributed by atoms with Gasteiger partial charge < -0.3 is 10.2 Å². The summed E-state index contributed by atoms with van der Waals surface area (Å²) in [7, 11) is 0. The summed E-state index contributed by atoms with van der Waals surface area (Å²) in [5.41, 5.74) is 0. The fourth-order valence-corrected chi connectivity index (χ4v) is 2.38. The predicted molar refractivity (Wildman–Crippen MR) is 64.8 cm³/mol. The Kier molecular flexibility index (Phi) is 3.22. The highest BCUT2D eigenvalue weighted by Gasteiger charge is 2.40. The Labute approximate surface area is 110 Å². The third-order valence-corrected chi connectivity index (χ3v) is 3.31. The van der Waals surface area contributed by atoms with E-state index in [0.717, 1.165) is 8.47 Å². The number of hydrogen-bond acceptors (Lipinski definition) is 3. The number of likely N-dealkylation sites (tertiary alicyclic amines) is 1. The van der Waals surface area contributed by atoms with Crippen LogP contribution >= 0.6 is 22.6 Å². The molecule has 1 aliphatic heterocycles. The molecule has 0 aromatic carbocycles. The summed E-state index contributed by atoms with van der Waals surface area (Å²) in [5, 5.41) is 22.0. The molecule has 2 rings (SSSR count). The van der Waals surface area contributed by atoms with Crippen molar-refractivity contribution in [2.75, 3.05) is 6.54 Å². The van der Waals surface area contributed by atoms with Crippen LogP contribution in [0.2, 0.25) is 0 Å². The van der Waals surface area contributed by atoms with Gasteiger partial charge in [0.15, 0.2) is 0 Å². The van der Waals surface area contributed by atoms with E-state index in [1.54, 1.807) is 17.1 Å². The second-order valence-corrected chi connectivity index (χ2v) is 5.06. The zero-order valence-corrected chi connectivity index (χ0v) is 10.8. The second-order valence-electron chi connectivity index (χ2n) is 3.82. The van der Waals surface area contributed by atoms with Crippen molar-refractivity contribution in [2.45, 2.75) is 18.5 Å². The van der Waals surface area contributed by atoms with Gasteiger partial charge in [-0.3, -0.25) is 9.58 Å². The van der Waals surface area contributed by atoms with E-state index >= 15 is 0 Å². The monoisotopic (exact) mass is 351 g/mol. The molecule has 1 aromatic heterocycles. The number of rotatable bonds is 2. The maximum absolute atomic E-state index is 11.0. The molecule has 2 N–H and O–H groups in total. The summed E-state index contributed by atoms with van der Waals surface area (Å²) in [6, 6.07) is -1.20. The molecule has 92 valence electrons. The first kappa shape index (κ1) is 12.1. The first-order valence-electron chi connectivity index (χ1n) is 4.91. The maximum atomic E-state index is 11.0. The highest BCUT2D eigenvalue weighted by Crippen LogP contribution is 2.27. The predicted octanol–water partition coefficient (Wildman–Crippen LogP) is 0.866. The standard InChI is InChI=1S/C9H10IN3O4/c10-5-2-11-13(3-5)6-1-7(8(14)15)12(4-6)9(16)17/h2-3,6-7H,1,4H2,(H,14,15)(H,16,17)/t6-,7-/m0/s1. The molecule has 0 saturated carbocycles. The normalized spacial score (nSPS) is 23.9. The summed E-state index contributed by atoms with van der Waals surface area (Å²) in [5.74, 6) is -1.11.